The van der Waals surface area contributed by atoms with Gasteiger partial charge in [-0.15, -0.1) is 23.2 Å². The van der Waals surface area contributed by atoms with Crippen molar-refractivity contribution in [2.24, 2.45) is 0 Å². The highest BCUT2D eigenvalue weighted by atomic mass is 35.5. The van der Waals surface area contributed by atoms with Crippen molar-refractivity contribution in [3.63, 3.8) is 0 Å². The van der Waals surface area contributed by atoms with E-state index >= 15 is 0 Å². The Kier molecular flexibility index (Phi) is 11.1. The number of ether oxygens (including phenoxy) is 1. The van der Waals surface area contributed by atoms with E-state index in [4.69, 9.17) is 48.4 Å². The SMILES string of the molecule is OCC(Cl)COCC(Cl)CO.Oc1ccc(Cc2ccc(O)cc2)cc1. The molecule has 0 fully saturated rings. The molecule has 2 aromatic rings. The summed E-state index contributed by atoms with van der Waals surface area (Å²) in [5, 5.41) is 34.4. The summed E-state index contributed by atoms with van der Waals surface area (Å²) in [6, 6.07) is 14.3. The van der Waals surface area contributed by atoms with Crippen LogP contribution < -0.4 is 0 Å². The lowest BCUT2D eigenvalue weighted by molar-refractivity contribution is 0.107. The smallest absolute Gasteiger partial charge is 0.115 e. The molecule has 0 aliphatic carbocycles. The molecular formula is C19H24Cl2O5. The number of hydrogen-bond acceptors (Lipinski definition) is 5. The Morgan fingerprint density at radius 2 is 1.04 bits per heavy atom. The molecule has 144 valence electrons. The van der Waals surface area contributed by atoms with Gasteiger partial charge in [-0.3, -0.25) is 0 Å². The summed E-state index contributed by atoms with van der Waals surface area (Å²) < 4.78 is 4.96. The Hall–Kier alpha value is -1.50. The van der Waals surface area contributed by atoms with Gasteiger partial charge in [0.1, 0.15) is 11.5 Å². The number of alkyl halides is 2. The zero-order chi connectivity index (χ0) is 19.4. The summed E-state index contributed by atoms with van der Waals surface area (Å²) in [5.74, 6) is 0.564. The third-order valence-corrected chi connectivity index (χ3v) is 3.80. The summed E-state index contributed by atoms with van der Waals surface area (Å²) in [6.45, 7) is 0.268. The molecule has 0 aliphatic heterocycles. The molecule has 2 atom stereocenters. The van der Waals surface area contributed by atoms with Crippen molar-refractivity contribution in [3.05, 3.63) is 59.7 Å². The number of aliphatic hydroxyl groups is 2. The molecule has 0 bridgehead atoms. The predicted octanol–water partition coefficient (Wildman–Crippen LogP) is 2.89. The molecule has 5 nitrogen and oxygen atoms in total. The number of benzene rings is 2. The zero-order valence-corrected chi connectivity index (χ0v) is 15.8. The van der Waals surface area contributed by atoms with Gasteiger partial charge in [0.05, 0.1) is 37.2 Å². The van der Waals surface area contributed by atoms with E-state index in [-0.39, 0.29) is 37.9 Å². The first kappa shape index (κ1) is 22.5. The molecule has 0 saturated heterocycles. The molecule has 0 aromatic heterocycles. The Bertz CT molecular complexity index is 551. The van der Waals surface area contributed by atoms with Crippen molar-refractivity contribution in [2.45, 2.75) is 17.2 Å². The number of phenolic OH excluding ortho intramolecular Hbond substituents is 2. The molecule has 0 amide bonds. The minimum absolute atomic E-state index is 0.117. The van der Waals surface area contributed by atoms with Gasteiger partial charge in [-0.05, 0) is 41.8 Å². The van der Waals surface area contributed by atoms with Crippen LogP contribution in [-0.4, -0.2) is 57.6 Å². The van der Waals surface area contributed by atoms with Crippen molar-refractivity contribution in [1.29, 1.82) is 0 Å². The van der Waals surface area contributed by atoms with Crippen molar-refractivity contribution >= 4 is 23.2 Å². The van der Waals surface area contributed by atoms with E-state index in [1.54, 1.807) is 24.3 Å². The second-order valence-electron chi connectivity index (χ2n) is 5.61. The molecule has 0 saturated carbocycles. The van der Waals surface area contributed by atoms with Crippen LogP contribution in [0.5, 0.6) is 11.5 Å². The molecular weight excluding hydrogens is 379 g/mol. The lowest BCUT2D eigenvalue weighted by atomic mass is 10.1. The second-order valence-corrected chi connectivity index (χ2v) is 6.84. The molecule has 2 rings (SSSR count). The summed E-state index contributed by atoms with van der Waals surface area (Å²) in [5.41, 5.74) is 2.27. The van der Waals surface area contributed by atoms with Gasteiger partial charge < -0.3 is 25.2 Å². The van der Waals surface area contributed by atoms with Gasteiger partial charge in [0.25, 0.3) is 0 Å². The van der Waals surface area contributed by atoms with Gasteiger partial charge >= 0.3 is 0 Å². The van der Waals surface area contributed by atoms with Crippen LogP contribution in [0.15, 0.2) is 48.5 Å². The summed E-state index contributed by atoms with van der Waals surface area (Å²) in [4.78, 5) is 0. The normalized spacial score (nSPS) is 12.8. The summed E-state index contributed by atoms with van der Waals surface area (Å²) in [6.07, 6.45) is 0.806. The maximum absolute atomic E-state index is 9.13. The number of phenols is 2. The van der Waals surface area contributed by atoms with Gasteiger partial charge in [0, 0.05) is 0 Å². The van der Waals surface area contributed by atoms with E-state index in [9.17, 15) is 0 Å². The third-order valence-electron chi connectivity index (χ3n) is 3.27. The van der Waals surface area contributed by atoms with Crippen LogP contribution in [0.4, 0.5) is 0 Å². The van der Waals surface area contributed by atoms with E-state index < -0.39 is 10.8 Å². The van der Waals surface area contributed by atoms with Crippen LogP contribution in [0.2, 0.25) is 0 Å². The first-order valence-corrected chi connectivity index (χ1v) is 8.95. The minimum Gasteiger partial charge on any atom is -0.508 e. The molecule has 0 spiro atoms. The number of rotatable bonds is 8. The minimum atomic E-state index is -0.391. The fraction of sp³-hybridized carbons (Fsp3) is 0.368. The van der Waals surface area contributed by atoms with Gasteiger partial charge in [0.2, 0.25) is 0 Å². The largest absolute Gasteiger partial charge is 0.508 e. The van der Waals surface area contributed by atoms with Gasteiger partial charge in [-0.1, -0.05) is 24.3 Å². The van der Waals surface area contributed by atoms with E-state index in [1.807, 2.05) is 24.3 Å². The third kappa shape index (κ3) is 9.85. The Morgan fingerprint density at radius 1 is 0.692 bits per heavy atom. The van der Waals surface area contributed by atoms with Gasteiger partial charge in [0.15, 0.2) is 0 Å². The van der Waals surface area contributed by atoms with E-state index in [2.05, 4.69) is 0 Å². The topological polar surface area (TPSA) is 90.2 Å². The first-order chi connectivity index (χ1) is 12.4. The highest BCUT2D eigenvalue weighted by Gasteiger charge is 2.05. The average Bonchev–Trinajstić information content (AvgIpc) is 2.65. The van der Waals surface area contributed by atoms with Crippen LogP contribution in [0.25, 0.3) is 0 Å². The maximum atomic E-state index is 9.13. The van der Waals surface area contributed by atoms with Crippen molar-refractivity contribution in [2.75, 3.05) is 26.4 Å². The molecule has 0 radical (unpaired) electrons. The van der Waals surface area contributed by atoms with Crippen LogP contribution in [-0.2, 0) is 11.2 Å². The van der Waals surface area contributed by atoms with E-state index in [1.165, 1.54) is 0 Å². The summed E-state index contributed by atoms with van der Waals surface area (Å²) in [7, 11) is 0. The van der Waals surface area contributed by atoms with Crippen LogP contribution >= 0.6 is 23.2 Å². The average molecular weight is 403 g/mol. The maximum Gasteiger partial charge on any atom is 0.115 e. The standard InChI is InChI=1S/C13H12O2.C6H12Cl2O3/c14-12-5-1-10(2-6-12)9-11-3-7-13(15)8-4-11;7-5(1-9)3-11-4-6(8)2-10/h1-8,14-15H,9H2;5-6,9-10H,1-4H2. The molecule has 2 aromatic carbocycles. The second kappa shape index (κ2) is 12.8. The Labute approximate surface area is 163 Å². The van der Waals surface area contributed by atoms with Crippen molar-refractivity contribution in [1.82, 2.24) is 0 Å². The molecule has 0 heterocycles. The zero-order valence-electron chi connectivity index (χ0n) is 14.3. The molecule has 26 heavy (non-hydrogen) atoms. The summed E-state index contributed by atoms with van der Waals surface area (Å²) >= 11 is 11.0. The highest BCUT2D eigenvalue weighted by Crippen LogP contribution is 2.16. The molecule has 0 aliphatic rings. The predicted molar refractivity (Wildman–Crippen MR) is 103 cm³/mol. The lowest BCUT2D eigenvalue weighted by Crippen LogP contribution is -2.19. The first-order valence-electron chi connectivity index (χ1n) is 8.08. The van der Waals surface area contributed by atoms with E-state index in [0.29, 0.717) is 0 Å². The fourth-order valence-electron chi connectivity index (χ4n) is 1.89. The molecule has 4 N–H and O–H groups in total. The highest BCUT2D eigenvalue weighted by molar-refractivity contribution is 6.21. The van der Waals surface area contributed by atoms with Gasteiger partial charge in [-0.25, -0.2) is 0 Å². The number of aromatic hydroxyl groups is 2. The van der Waals surface area contributed by atoms with Crippen LogP contribution in [0, 0.1) is 0 Å². The molecule has 2 unspecified atom stereocenters. The lowest BCUT2D eigenvalue weighted by Gasteiger charge is -2.09. The monoisotopic (exact) mass is 402 g/mol. The van der Waals surface area contributed by atoms with Crippen LogP contribution in [0.3, 0.4) is 0 Å². The van der Waals surface area contributed by atoms with E-state index in [0.717, 1.165) is 17.5 Å². The van der Waals surface area contributed by atoms with Crippen LogP contribution in [0.1, 0.15) is 11.1 Å². The van der Waals surface area contributed by atoms with Gasteiger partial charge in [-0.2, -0.15) is 0 Å². The van der Waals surface area contributed by atoms with Crippen molar-refractivity contribution < 1.29 is 25.2 Å². The number of halogens is 2. The number of aliphatic hydroxyl groups excluding tert-OH is 2. The number of hydrogen-bond donors (Lipinski definition) is 4. The molecule has 7 heteroatoms. The fourth-order valence-corrected chi connectivity index (χ4v) is 2.07. The Balaban J connectivity index is 0.000000276. The van der Waals surface area contributed by atoms with Crippen molar-refractivity contribution in [3.8, 4) is 11.5 Å². The Morgan fingerprint density at radius 3 is 1.35 bits per heavy atom. The quantitative estimate of drug-likeness (QED) is 0.509.